The van der Waals surface area contributed by atoms with Crippen LogP contribution in [-0.2, 0) is 28.4 Å². The molecule has 7 nitrogen and oxygen atoms in total. The molecule has 0 unspecified atom stereocenters. The van der Waals surface area contributed by atoms with Gasteiger partial charge in [-0.3, -0.25) is 0 Å². The number of rotatable bonds is 1. The minimum Gasteiger partial charge on any atom is -0.385 e. The number of aliphatic hydroxyl groups is 1. The quantitative estimate of drug-likeness (QED) is 0.766. The molecule has 7 heteroatoms. The van der Waals surface area contributed by atoms with E-state index in [0.717, 1.165) is 32.1 Å². The van der Waals surface area contributed by atoms with Crippen molar-refractivity contribution in [3.05, 3.63) is 0 Å². The van der Waals surface area contributed by atoms with Crippen LogP contribution in [0.25, 0.3) is 0 Å². The standard InChI is InChI=1S/C16H26O7/c1-18-14-12(17)13-11(10-19-14)22-15(6-2-4-8-20-15)16(23-13)7-3-5-9-21-16/h11-14,17H,2-10H2,1H3/t11-,12+,13-,14-,15+,16+/m1/s1. The van der Waals surface area contributed by atoms with E-state index in [0.29, 0.717) is 26.2 Å². The van der Waals surface area contributed by atoms with Crippen LogP contribution in [0, 0.1) is 0 Å². The zero-order chi connectivity index (χ0) is 15.9. The smallest absolute Gasteiger partial charge is 0.224 e. The Morgan fingerprint density at radius 3 is 2.17 bits per heavy atom. The number of ether oxygens (including phenoxy) is 6. The van der Waals surface area contributed by atoms with Gasteiger partial charge in [-0.15, -0.1) is 0 Å². The molecule has 4 aliphatic heterocycles. The minimum atomic E-state index is -0.941. The Morgan fingerprint density at radius 1 is 0.957 bits per heavy atom. The lowest BCUT2D eigenvalue weighted by atomic mass is 9.87. The average Bonchev–Trinajstić information content (AvgIpc) is 2.59. The van der Waals surface area contributed by atoms with Gasteiger partial charge in [0.05, 0.1) is 19.8 Å². The van der Waals surface area contributed by atoms with Crippen molar-refractivity contribution in [2.24, 2.45) is 0 Å². The molecule has 0 aliphatic carbocycles. The zero-order valence-corrected chi connectivity index (χ0v) is 13.6. The molecule has 0 saturated carbocycles. The Hall–Kier alpha value is -0.280. The number of hydrogen-bond donors (Lipinski definition) is 1. The van der Waals surface area contributed by atoms with E-state index in [1.165, 1.54) is 7.11 Å². The van der Waals surface area contributed by atoms with Crippen molar-refractivity contribution < 1.29 is 33.5 Å². The Balaban J connectivity index is 1.64. The normalized spacial score (nSPS) is 50.9. The average molecular weight is 330 g/mol. The van der Waals surface area contributed by atoms with Crippen molar-refractivity contribution in [2.45, 2.75) is 74.7 Å². The molecule has 23 heavy (non-hydrogen) atoms. The molecule has 4 rings (SSSR count). The van der Waals surface area contributed by atoms with Crippen LogP contribution in [0.4, 0.5) is 0 Å². The summed E-state index contributed by atoms with van der Waals surface area (Å²) < 4.78 is 35.7. The third-order valence-corrected chi connectivity index (χ3v) is 5.36. The van der Waals surface area contributed by atoms with Gasteiger partial charge in [-0.1, -0.05) is 0 Å². The third-order valence-electron chi connectivity index (χ3n) is 5.36. The number of hydrogen-bond acceptors (Lipinski definition) is 7. The summed E-state index contributed by atoms with van der Waals surface area (Å²) in [6.45, 7) is 1.56. The fourth-order valence-corrected chi connectivity index (χ4v) is 4.18. The molecule has 0 aromatic rings. The second kappa shape index (κ2) is 6.22. The van der Waals surface area contributed by atoms with Crippen LogP contribution in [0.15, 0.2) is 0 Å². The second-order valence-corrected chi connectivity index (χ2v) is 6.78. The molecular weight excluding hydrogens is 304 g/mol. The first kappa shape index (κ1) is 16.2. The summed E-state index contributed by atoms with van der Waals surface area (Å²) in [5.74, 6) is -1.83. The second-order valence-electron chi connectivity index (χ2n) is 6.78. The molecule has 0 bridgehead atoms. The van der Waals surface area contributed by atoms with E-state index in [-0.39, 0.29) is 6.10 Å². The first-order valence-electron chi connectivity index (χ1n) is 8.66. The summed E-state index contributed by atoms with van der Waals surface area (Å²) in [6, 6.07) is 0. The van der Waals surface area contributed by atoms with Crippen LogP contribution in [0.3, 0.4) is 0 Å². The van der Waals surface area contributed by atoms with Crippen molar-refractivity contribution in [1.29, 1.82) is 0 Å². The topological polar surface area (TPSA) is 75.6 Å². The molecule has 4 fully saturated rings. The van der Waals surface area contributed by atoms with E-state index in [1.807, 2.05) is 0 Å². The van der Waals surface area contributed by atoms with Crippen LogP contribution in [0.1, 0.15) is 38.5 Å². The van der Waals surface area contributed by atoms with Crippen molar-refractivity contribution in [2.75, 3.05) is 26.9 Å². The van der Waals surface area contributed by atoms with E-state index in [4.69, 9.17) is 28.4 Å². The van der Waals surface area contributed by atoms with Crippen LogP contribution in [-0.4, -0.2) is 68.2 Å². The SMILES string of the molecule is CO[C@@H]1OC[C@H]2O[C@@]3(CCCCO3)[C@]3(CCCCO3)O[C@H]2[C@@H]1O. The molecule has 0 aromatic carbocycles. The fourth-order valence-electron chi connectivity index (χ4n) is 4.18. The van der Waals surface area contributed by atoms with Crippen molar-refractivity contribution in [3.8, 4) is 0 Å². The highest BCUT2D eigenvalue weighted by Gasteiger charge is 2.65. The number of aliphatic hydroxyl groups excluding tert-OH is 1. The third kappa shape index (κ3) is 2.54. The van der Waals surface area contributed by atoms with E-state index in [1.54, 1.807) is 0 Å². The molecular formula is C16H26O7. The van der Waals surface area contributed by atoms with E-state index in [9.17, 15) is 5.11 Å². The van der Waals surface area contributed by atoms with Gasteiger partial charge in [0.2, 0.25) is 11.6 Å². The lowest BCUT2D eigenvalue weighted by Gasteiger charge is -2.59. The zero-order valence-electron chi connectivity index (χ0n) is 13.6. The maximum absolute atomic E-state index is 10.5. The van der Waals surface area contributed by atoms with Gasteiger partial charge in [0.15, 0.2) is 6.29 Å². The Bertz CT molecular complexity index is 417. The van der Waals surface area contributed by atoms with Crippen LogP contribution >= 0.6 is 0 Å². The van der Waals surface area contributed by atoms with E-state index >= 15 is 0 Å². The fraction of sp³-hybridized carbons (Fsp3) is 1.00. The first-order chi connectivity index (χ1) is 11.2. The maximum Gasteiger partial charge on any atom is 0.224 e. The minimum absolute atomic E-state index is 0.307. The van der Waals surface area contributed by atoms with Gasteiger partial charge in [0.25, 0.3) is 0 Å². The molecule has 4 aliphatic rings. The highest BCUT2D eigenvalue weighted by Crippen LogP contribution is 2.50. The number of methoxy groups -OCH3 is 1. The predicted molar refractivity (Wildman–Crippen MR) is 77.6 cm³/mol. The molecule has 4 saturated heterocycles. The molecule has 0 radical (unpaired) electrons. The van der Waals surface area contributed by atoms with Crippen LogP contribution in [0.5, 0.6) is 0 Å². The van der Waals surface area contributed by atoms with Crippen molar-refractivity contribution in [3.63, 3.8) is 0 Å². The Kier molecular flexibility index (Phi) is 4.38. The number of fused-ring (bicyclic) bond motifs is 2. The monoisotopic (exact) mass is 330 g/mol. The molecule has 2 spiro atoms. The van der Waals surface area contributed by atoms with E-state index in [2.05, 4.69) is 0 Å². The van der Waals surface area contributed by atoms with E-state index < -0.39 is 30.1 Å². The summed E-state index contributed by atoms with van der Waals surface area (Å²) in [5.41, 5.74) is 0. The van der Waals surface area contributed by atoms with Gasteiger partial charge in [0.1, 0.15) is 18.3 Å². The predicted octanol–water partition coefficient (Wildman–Crippen LogP) is 0.928. The maximum atomic E-state index is 10.5. The lowest BCUT2D eigenvalue weighted by Crippen LogP contribution is -2.74. The highest BCUT2D eigenvalue weighted by molar-refractivity contribution is 5.01. The summed E-state index contributed by atoms with van der Waals surface area (Å²) >= 11 is 0. The summed E-state index contributed by atoms with van der Waals surface area (Å²) in [5, 5.41) is 10.5. The summed E-state index contributed by atoms with van der Waals surface area (Å²) in [7, 11) is 1.51. The highest BCUT2D eigenvalue weighted by atomic mass is 16.8. The molecule has 0 aromatic heterocycles. The molecule has 1 N–H and O–H groups in total. The first-order valence-corrected chi connectivity index (χ1v) is 8.66. The molecule has 132 valence electrons. The summed E-state index contributed by atoms with van der Waals surface area (Å²) in [4.78, 5) is 0. The Morgan fingerprint density at radius 2 is 1.61 bits per heavy atom. The van der Waals surface area contributed by atoms with Crippen LogP contribution < -0.4 is 0 Å². The van der Waals surface area contributed by atoms with Gasteiger partial charge < -0.3 is 33.5 Å². The van der Waals surface area contributed by atoms with Gasteiger partial charge in [-0.25, -0.2) is 0 Å². The Labute approximate surface area is 136 Å². The lowest BCUT2D eigenvalue weighted by molar-refractivity contribution is -0.498. The largest absolute Gasteiger partial charge is 0.385 e. The van der Waals surface area contributed by atoms with Gasteiger partial charge in [-0.2, -0.15) is 0 Å². The molecule has 4 heterocycles. The van der Waals surface area contributed by atoms with Gasteiger partial charge in [-0.05, 0) is 25.7 Å². The van der Waals surface area contributed by atoms with Gasteiger partial charge in [0, 0.05) is 20.0 Å². The van der Waals surface area contributed by atoms with Crippen molar-refractivity contribution >= 4 is 0 Å². The van der Waals surface area contributed by atoms with Crippen LogP contribution in [0.2, 0.25) is 0 Å². The molecule has 0 amide bonds. The van der Waals surface area contributed by atoms with Crippen molar-refractivity contribution in [1.82, 2.24) is 0 Å². The molecule has 6 atom stereocenters. The summed E-state index contributed by atoms with van der Waals surface area (Å²) in [6.07, 6.45) is 2.92. The van der Waals surface area contributed by atoms with Gasteiger partial charge >= 0.3 is 0 Å².